The van der Waals surface area contributed by atoms with Crippen molar-refractivity contribution in [2.45, 2.75) is 24.2 Å². The highest BCUT2D eigenvalue weighted by Crippen LogP contribution is 2.35. The molecular formula is C15H23BrN2O4S. The van der Waals surface area contributed by atoms with E-state index in [1.54, 1.807) is 6.07 Å². The second-order valence-corrected chi connectivity index (χ2v) is 8.03. The highest BCUT2D eigenvalue weighted by atomic mass is 79.9. The first-order chi connectivity index (χ1) is 11.0. The van der Waals surface area contributed by atoms with Gasteiger partial charge in [0.15, 0.2) is 0 Å². The first-order valence-corrected chi connectivity index (χ1v) is 9.89. The molecule has 0 radical (unpaired) electrons. The molecule has 0 amide bonds. The van der Waals surface area contributed by atoms with Gasteiger partial charge in [0.2, 0.25) is 10.0 Å². The maximum absolute atomic E-state index is 12.5. The average molecular weight is 407 g/mol. The van der Waals surface area contributed by atoms with E-state index in [0.29, 0.717) is 16.8 Å². The van der Waals surface area contributed by atoms with Gasteiger partial charge >= 0.3 is 0 Å². The minimum Gasteiger partial charge on any atom is -0.495 e. The summed E-state index contributed by atoms with van der Waals surface area (Å²) in [5.41, 5.74) is 0. The molecule has 0 spiro atoms. The van der Waals surface area contributed by atoms with Gasteiger partial charge in [0.25, 0.3) is 0 Å². The van der Waals surface area contributed by atoms with Crippen LogP contribution >= 0.6 is 15.9 Å². The van der Waals surface area contributed by atoms with Crippen molar-refractivity contribution in [3.63, 3.8) is 0 Å². The second kappa shape index (κ2) is 8.32. The van der Waals surface area contributed by atoms with E-state index in [0.717, 1.165) is 19.6 Å². The van der Waals surface area contributed by atoms with E-state index >= 15 is 0 Å². The van der Waals surface area contributed by atoms with Crippen molar-refractivity contribution >= 4 is 26.0 Å². The second-order valence-electron chi connectivity index (χ2n) is 5.44. The third kappa shape index (κ3) is 4.82. The normalized spacial score (nSPS) is 16.3. The predicted molar refractivity (Wildman–Crippen MR) is 92.7 cm³/mol. The molecule has 2 rings (SSSR count). The van der Waals surface area contributed by atoms with Crippen LogP contribution in [0.4, 0.5) is 0 Å². The van der Waals surface area contributed by atoms with E-state index in [9.17, 15) is 8.42 Å². The van der Waals surface area contributed by atoms with Crippen LogP contribution in [0.25, 0.3) is 0 Å². The molecule has 1 aromatic rings. The molecule has 1 aliphatic rings. The molecule has 130 valence electrons. The molecule has 0 aliphatic carbocycles. The predicted octanol–water partition coefficient (Wildman–Crippen LogP) is 2.23. The van der Waals surface area contributed by atoms with Crippen molar-refractivity contribution in [1.82, 2.24) is 9.62 Å². The van der Waals surface area contributed by atoms with Crippen LogP contribution in [0.2, 0.25) is 0 Å². The Hall–Kier alpha value is -0.830. The molecule has 0 unspecified atom stereocenters. The molecule has 1 heterocycles. The number of halogens is 1. The van der Waals surface area contributed by atoms with Crippen LogP contribution in [0.5, 0.6) is 11.5 Å². The number of piperidine rings is 1. The zero-order chi connectivity index (χ0) is 16.9. The van der Waals surface area contributed by atoms with Crippen molar-refractivity contribution < 1.29 is 17.9 Å². The number of hydrogen-bond donors (Lipinski definition) is 1. The third-order valence-electron chi connectivity index (χ3n) is 3.90. The molecule has 1 fully saturated rings. The maximum Gasteiger partial charge on any atom is 0.244 e. The molecular weight excluding hydrogens is 384 g/mol. The monoisotopic (exact) mass is 406 g/mol. The van der Waals surface area contributed by atoms with E-state index < -0.39 is 10.0 Å². The fraction of sp³-hybridized carbons (Fsp3) is 0.600. The standard InChI is InChI=1S/C15H23BrN2O4S/c1-21-13-11-14(22-2)15(10-12(13)16)23(19,20)17-6-9-18-7-4-3-5-8-18/h10-11,17H,3-9H2,1-2H3. The number of rotatable bonds is 7. The van der Waals surface area contributed by atoms with Crippen LogP contribution in [0.1, 0.15) is 19.3 Å². The van der Waals surface area contributed by atoms with Crippen molar-refractivity contribution in [1.29, 1.82) is 0 Å². The van der Waals surface area contributed by atoms with Gasteiger partial charge in [-0.25, -0.2) is 13.1 Å². The minimum absolute atomic E-state index is 0.103. The molecule has 0 aromatic heterocycles. The van der Waals surface area contributed by atoms with E-state index in [1.165, 1.54) is 39.5 Å². The lowest BCUT2D eigenvalue weighted by Crippen LogP contribution is -2.37. The summed E-state index contributed by atoms with van der Waals surface area (Å²) in [6, 6.07) is 3.06. The Bertz CT molecular complexity index is 631. The van der Waals surface area contributed by atoms with Crippen LogP contribution in [-0.2, 0) is 10.0 Å². The Balaban J connectivity index is 2.07. The lowest BCUT2D eigenvalue weighted by molar-refractivity contribution is 0.232. The number of ether oxygens (including phenoxy) is 2. The maximum atomic E-state index is 12.5. The van der Waals surface area contributed by atoms with E-state index in [-0.39, 0.29) is 10.6 Å². The number of sulfonamides is 1. The van der Waals surface area contributed by atoms with Gasteiger partial charge in [-0.15, -0.1) is 0 Å². The molecule has 6 nitrogen and oxygen atoms in total. The summed E-state index contributed by atoms with van der Waals surface area (Å²) in [5, 5.41) is 0. The molecule has 1 N–H and O–H groups in total. The van der Waals surface area contributed by atoms with Crippen LogP contribution in [0.15, 0.2) is 21.5 Å². The van der Waals surface area contributed by atoms with Gasteiger partial charge < -0.3 is 14.4 Å². The summed E-state index contributed by atoms with van der Waals surface area (Å²) >= 11 is 3.31. The molecule has 1 aromatic carbocycles. The molecule has 1 saturated heterocycles. The number of nitrogens with zero attached hydrogens (tertiary/aromatic N) is 1. The van der Waals surface area contributed by atoms with Crippen LogP contribution in [0.3, 0.4) is 0 Å². The number of methoxy groups -OCH3 is 2. The average Bonchev–Trinajstić information content (AvgIpc) is 2.55. The minimum atomic E-state index is -3.64. The Kier molecular flexibility index (Phi) is 6.70. The highest BCUT2D eigenvalue weighted by molar-refractivity contribution is 9.10. The van der Waals surface area contributed by atoms with Gasteiger partial charge in [-0.3, -0.25) is 0 Å². The van der Waals surface area contributed by atoms with Gasteiger partial charge in [-0.2, -0.15) is 0 Å². The fourth-order valence-electron chi connectivity index (χ4n) is 2.64. The van der Waals surface area contributed by atoms with Gasteiger partial charge in [0.1, 0.15) is 16.4 Å². The molecule has 23 heavy (non-hydrogen) atoms. The molecule has 0 saturated carbocycles. The van der Waals surface area contributed by atoms with Gasteiger partial charge in [-0.05, 0) is 47.9 Å². The van der Waals surface area contributed by atoms with Crippen molar-refractivity contribution in [3.05, 3.63) is 16.6 Å². The summed E-state index contributed by atoms with van der Waals surface area (Å²) in [5.74, 6) is 0.782. The highest BCUT2D eigenvalue weighted by Gasteiger charge is 2.22. The first kappa shape index (κ1) is 18.5. The summed E-state index contributed by atoms with van der Waals surface area (Å²) < 4.78 is 38.6. The van der Waals surface area contributed by atoms with Crippen LogP contribution < -0.4 is 14.2 Å². The SMILES string of the molecule is COc1cc(OC)c(S(=O)(=O)NCCN2CCCCC2)cc1Br. The number of nitrogens with one attached hydrogen (secondary N) is 1. The van der Waals surface area contributed by atoms with Gasteiger partial charge in [-0.1, -0.05) is 6.42 Å². The number of likely N-dealkylation sites (tertiary alicyclic amines) is 1. The zero-order valence-corrected chi connectivity index (χ0v) is 15.9. The summed E-state index contributed by atoms with van der Waals surface area (Å²) in [7, 11) is -0.680. The quantitative estimate of drug-likeness (QED) is 0.751. The van der Waals surface area contributed by atoms with Crippen molar-refractivity contribution in [2.75, 3.05) is 40.4 Å². The first-order valence-electron chi connectivity index (χ1n) is 7.61. The zero-order valence-electron chi connectivity index (χ0n) is 13.5. The van der Waals surface area contributed by atoms with Crippen LogP contribution in [-0.4, -0.2) is 53.7 Å². The van der Waals surface area contributed by atoms with E-state index in [1.807, 2.05) is 0 Å². The lowest BCUT2D eigenvalue weighted by Gasteiger charge is -2.26. The van der Waals surface area contributed by atoms with Crippen molar-refractivity contribution in [2.24, 2.45) is 0 Å². The number of hydrogen-bond acceptors (Lipinski definition) is 5. The Morgan fingerprint density at radius 2 is 1.78 bits per heavy atom. The molecule has 0 bridgehead atoms. The summed E-state index contributed by atoms with van der Waals surface area (Å²) in [4.78, 5) is 2.39. The van der Waals surface area contributed by atoms with E-state index in [4.69, 9.17) is 9.47 Å². The Morgan fingerprint density at radius 1 is 1.13 bits per heavy atom. The third-order valence-corrected chi connectivity index (χ3v) is 6.00. The summed E-state index contributed by atoms with van der Waals surface area (Å²) in [6.45, 7) is 3.19. The van der Waals surface area contributed by atoms with E-state index in [2.05, 4.69) is 25.6 Å². The van der Waals surface area contributed by atoms with Gasteiger partial charge in [0.05, 0.1) is 18.7 Å². The topological polar surface area (TPSA) is 67.9 Å². The fourth-order valence-corrected chi connectivity index (χ4v) is 4.49. The van der Waals surface area contributed by atoms with Gasteiger partial charge in [0, 0.05) is 19.2 Å². The molecule has 8 heteroatoms. The Labute approximate surface area is 146 Å². The molecule has 1 aliphatic heterocycles. The number of benzene rings is 1. The summed E-state index contributed by atoms with van der Waals surface area (Å²) in [6.07, 6.45) is 3.64. The van der Waals surface area contributed by atoms with Crippen LogP contribution in [0, 0.1) is 0 Å². The molecule has 0 atom stereocenters. The Morgan fingerprint density at radius 3 is 2.39 bits per heavy atom. The van der Waals surface area contributed by atoms with Crippen molar-refractivity contribution in [3.8, 4) is 11.5 Å². The lowest BCUT2D eigenvalue weighted by atomic mass is 10.1. The largest absolute Gasteiger partial charge is 0.495 e. The smallest absolute Gasteiger partial charge is 0.244 e.